The van der Waals surface area contributed by atoms with E-state index in [1.165, 1.54) is 0 Å². The smallest absolute Gasteiger partial charge is 0.239 e. The molecule has 18 heavy (non-hydrogen) atoms. The van der Waals surface area contributed by atoms with Gasteiger partial charge in [-0.05, 0) is 26.3 Å². The summed E-state index contributed by atoms with van der Waals surface area (Å²) < 4.78 is 0. The van der Waals surface area contributed by atoms with Crippen molar-refractivity contribution in [3.05, 3.63) is 0 Å². The van der Waals surface area contributed by atoms with Gasteiger partial charge in [-0.15, -0.1) is 0 Å². The molecule has 0 saturated carbocycles. The van der Waals surface area contributed by atoms with Crippen LogP contribution in [0.15, 0.2) is 0 Å². The molecule has 1 rings (SSSR count). The van der Waals surface area contributed by atoms with Gasteiger partial charge in [0, 0.05) is 32.2 Å². The van der Waals surface area contributed by atoms with Gasteiger partial charge in [0.25, 0.3) is 0 Å². The standard InChI is InChI=1S/C14H29N3O/c1-11(16(6)12(2)14(3,4)5)13(18)17-9-7-15-8-10-17/h11-12,15H,7-10H2,1-6H3. The Morgan fingerprint density at radius 2 is 1.72 bits per heavy atom. The average Bonchev–Trinajstić information content (AvgIpc) is 2.35. The highest BCUT2D eigenvalue weighted by atomic mass is 16.2. The van der Waals surface area contributed by atoms with Crippen LogP contribution in [0.1, 0.15) is 34.6 Å². The molecular weight excluding hydrogens is 226 g/mol. The summed E-state index contributed by atoms with van der Waals surface area (Å²) in [5.41, 5.74) is 0.187. The van der Waals surface area contributed by atoms with Gasteiger partial charge in [-0.2, -0.15) is 0 Å². The van der Waals surface area contributed by atoms with Gasteiger partial charge in [0.15, 0.2) is 0 Å². The first kappa shape index (κ1) is 15.4. The van der Waals surface area contributed by atoms with E-state index in [0.29, 0.717) is 6.04 Å². The molecule has 0 aromatic carbocycles. The van der Waals surface area contributed by atoms with Crippen molar-refractivity contribution in [1.82, 2.24) is 15.1 Å². The van der Waals surface area contributed by atoms with Crippen molar-refractivity contribution in [3.8, 4) is 0 Å². The number of hydrogen-bond acceptors (Lipinski definition) is 3. The van der Waals surface area contributed by atoms with Gasteiger partial charge in [-0.3, -0.25) is 9.69 Å². The average molecular weight is 255 g/mol. The Kier molecular flexibility index (Phi) is 5.17. The molecule has 1 amide bonds. The van der Waals surface area contributed by atoms with E-state index in [0.717, 1.165) is 26.2 Å². The first-order chi connectivity index (χ1) is 8.25. The summed E-state index contributed by atoms with van der Waals surface area (Å²) in [4.78, 5) is 16.6. The first-order valence-corrected chi connectivity index (χ1v) is 6.96. The van der Waals surface area contributed by atoms with Gasteiger partial charge in [0.05, 0.1) is 6.04 Å². The molecule has 0 spiro atoms. The zero-order valence-electron chi connectivity index (χ0n) is 12.8. The number of carbonyl (C=O) groups excluding carboxylic acids is 1. The fraction of sp³-hybridized carbons (Fsp3) is 0.929. The van der Waals surface area contributed by atoms with E-state index >= 15 is 0 Å². The minimum Gasteiger partial charge on any atom is -0.339 e. The minimum absolute atomic E-state index is 0.0441. The zero-order valence-corrected chi connectivity index (χ0v) is 12.8. The maximum atomic E-state index is 12.4. The second-order valence-corrected chi connectivity index (χ2v) is 6.46. The third-order valence-corrected chi connectivity index (χ3v) is 4.26. The van der Waals surface area contributed by atoms with Crippen LogP contribution in [0.2, 0.25) is 0 Å². The molecule has 1 N–H and O–H groups in total. The summed E-state index contributed by atoms with van der Waals surface area (Å²) in [5, 5.41) is 3.28. The lowest BCUT2D eigenvalue weighted by Gasteiger charge is -2.40. The molecule has 2 atom stereocenters. The largest absolute Gasteiger partial charge is 0.339 e. The summed E-state index contributed by atoms with van der Waals surface area (Å²) in [7, 11) is 2.06. The van der Waals surface area contributed by atoms with Gasteiger partial charge < -0.3 is 10.2 Å². The van der Waals surface area contributed by atoms with Crippen LogP contribution in [-0.2, 0) is 4.79 Å². The van der Waals surface area contributed by atoms with Gasteiger partial charge in [-0.1, -0.05) is 20.8 Å². The third kappa shape index (κ3) is 3.69. The molecule has 4 heteroatoms. The molecule has 0 radical (unpaired) electrons. The molecule has 1 aliphatic rings. The normalized spacial score (nSPS) is 20.9. The number of piperazine rings is 1. The fourth-order valence-corrected chi connectivity index (χ4v) is 2.27. The Morgan fingerprint density at radius 1 is 1.22 bits per heavy atom. The molecule has 1 saturated heterocycles. The lowest BCUT2D eigenvalue weighted by Crippen LogP contribution is -2.55. The number of hydrogen-bond donors (Lipinski definition) is 1. The van der Waals surface area contributed by atoms with Gasteiger partial charge in [-0.25, -0.2) is 0 Å². The molecule has 0 aromatic heterocycles. The minimum atomic E-state index is -0.0441. The Bertz CT molecular complexity index is 279. The van der Waals surface area contributed by atoms with E-state index in [9.17, 15) is 4.79 Å². The number of nitrogens with one attached hydrogen (secondary N) is 1. The van der Waals surface area contributed by atoms with Gasteiger partial charge in [0.2, 0.25) is 5.91 Å². The Morgan fingerprint density at radius 3 is 2.17 bits per heavy atom. The van der Waals surface area contributed by atoms with Crippen LogP contribution in [0.3, 0.4) is 0 Å². The van der Waals surface area contributed by atoms with E-state index in [2.05, 4.69) is 45.0 Å². The van der Waals surface area contributed by atoms with Crippen molar-refractivity contribution >= 4 is 5.91 Å². The lowest BCUT2D eigenvalue weighted by molar-refractivity contribution is -0.137. The van der Waals surface area contributed by atoms with Gasteiger partial charge >= 0.3 is 0 Å². The quantitative estimate of drug-likeness (QED) is 0.822. The Labute approximate surface area is 112 Å². The van der Waals surface area contributed by atoms with Crippen LogP contribution in [0.4, 0.5) is 0 Å². The Hall–Kier alpha value is -0.610. The van der Waals surface area contributed by atoms with Crippen LogP contribution >= 0.6 is 0 Å². The topological polar surface area (TPSA) is 35.6 Å². The highest BCUT2D eigenvalue weighted by Crippen LogP contribution is 2.24. The Balaban J connectivity index is 2.62. The fourth-order valence-electron chi connectivity index (χ4n) is 2.27. The number of likely N-dealkylation sites (N-methyl/N-ethyl adjacent to an activating group) is 1. The van der Waals surface area contributed by atoms with Crippen LogP contribution in [-0.4, -0.2) is 61.0 Å². The molecule has 1 fully saturated rings. The van der Waals surface area contributed by atoms with Crippen molar-refractivity contribution < 1.29 is 4.79 Å². The number of carbonyl (C=O) groups is 1. The molecule has 2 unspecified atom stereocenters. The van der Waals surface area contributed by atoms with Crippen molar-refractivity contribution in [2.75, 3.05) is 33.2 Å². The SMILES string of the molecule is CC(C(=O)N1CCNCC1)N(C)C(C)C(C)(C)C. The van der Waals surface area contributed by atoms with E-state index in [1.807, 2.05) is 11.8 Å². The lowest BCUT2D eigenvalue weighted by atomic mass is 9.86. The molecular formula is C14H29N3O. The summed E-state index contributed by atoms with van der Waals surface area (Å²) in [5.74, 6) is 0.259. The van der Waals surface area contributed by atoms with Crippen molar-refractivity contribution in [3.63, 3.8) is 0 Å². The zero-order chi connectivity index (χ0) is 13.9. The van der Waals surface area contributed by atoms with Crippen LogP contribution in [0.25, 0.3) is 0 Å². The maximum absolute atomic E-state index is 12.4. The molecule has 4 nitrogen and oxygen atoms in total. The molecule has 0 aromatic rings. The molecule has 0 bridgehead atoms. The molecule has 0 aliphatic carbocycles. The predicted molar refractivity (Wildman–Crippen MR) is 75.6 cm³/mol. The monoisotopic (exact) mass is 255 g/mol. The highest BCUT2D eigenvalue weighted by molar-refractivity contribution is 5.81. The summed E-state index contributed by atoms with van der Waals surface area (Å²) in [6.45, 7) is 14.4. The van der Waals surface area contributed by atoms with E-state index in [-0.39, 0.29) is 17.4 Å². The van der Waals surface area contributed by atoms with E-state index in [1.54, 1.807) is 0 Å². The maximum Gasteiger partial charge on any atom is 0.239 e. The van der Waals surface area contributed by atoms with Crippen molar-refractivity contribution in [2.24, 2.45) is 5.41 Å². The van der Waals surface area contributed by atoms with Crippen LogP contribution < -0.4 is 5.32 Å². The molecule has 1 aliphatic heterocycles. The third-order valence-electron chi connectivity index (χ3n) is 4.26. The predicted octanol–water partition coefficient (Wildman–Crippen LogP) is 1.17. The highest BCUT2D eigenvalue weighted by Gasteiger charge is 2.31. The van der Waals surface area contributed by atoms with Crippen molar-refractivity contribution in [2.45, 2.75) is 46.7 Å². The second-order valence-electron chi connectivity index (χ2n) is 6.46. The molecule has 106 valence electrons. The summed E-state index contributed by atoms with van der Waals surface area (Å²) in [6.07, 6.45) is 0. The summed E-state index contributed by atoms with van der Waals surface area (Å²) >= 11 is 0. The second kappa shape index (κ2) is 6.02. The van der Waals surface area contributed by atoms with Gasteiger partial charge in [0.1, 0.15) is 0 Å². The molecule has 1 heterocycles. The van der Waals surface area contributed by atoms with Crippen LogP contribution in [0.5, 0.6) is 0 Å². The number of rotatable bonds is 3. The van der Waals surface area contributed by atoms with E-state index < -0.39 is 0 Å². The van der Waals surface area contributed by atoms with E-state index in [4.69, 9.17) is 0 Å². The number of amides is 1. The van der Waals surface area contributed by atoms with Crippen LogP contribution in [0, 0.1) is 5.41 Å². The number of nitrogens with zero attached hydrogens (tertiary/aromatic N) is 2. The first-order valence-electron chi connectivity index (χ1n) is 6.96. The summed E-state index contributed by atoms with van der Waals surface area (Å²) in [6, 6.07) is 0.330. The van der Waals surface area contributed by atoms with Crippen molar-refractivity contribution in [1.29, 1.82) is 0 Å².